The van der Waals surface area contributed by atoms with Crippen molar-refractivity contribution in [3.8, 4) is 0 Å². The molecular weight excluding hydrogens is 249 g/mol. The van der Waals surface area contributed by atoms with Crippen LogP contribution in [0.15, 0.2) is 0 Å². The van der Waals surface area contributed by atoms with Crippen LogP contribution in [0.1, 0.15) is 33.6 Å². The molecule has 0 aliphatic rings. The zero-order chi connectivity index (χ0) is 12.2. The lowest BCUT2D eigenvalue weighted by molar-refractivity contribution is 0.00819. The molecule has 0 aromatic heterocycles. The molecule has 5 nitrogen and oxygen atoms in total. The van der Waals surface area contributed by atoms with Crippen molar-refractivity contribution in [3.63, 3.8) is 0 Å². The summed E-state index contributed by atoms with van der Waals surface area (Å²) in [5.41, 5.74) is 0. The van der Waals surface area contributed by atoms with Gasteiger partial charge in [0.05, 0.1) is 5.75 Å². The maximum absolute atomic E-state index is 9.79. The van der Waals surface area contributed by atoms with Crippen LogP contribution in [-0.4, -0.2) is 25.4 Å². The van der Waals surface area contributed by atoms with E-state index in [1.54, 1.807) is 6.92 Å². The molecule has 0 unspecified atom stereocenters. The van der Waals surface area contributed by atoms with Crippen LogP contribution in [0.2, 0.25) is 0 Å². The highest BCUT2D eigenvalue weighted by atomic mass is 32.2. The zero-order valence-electron chi connectivity index (χ0n) is 9.92. The Hall–Kier alpha value is -0.380. The average Bonchev–Trinajstić information content (AvgIpc) is 1.83. The van der Waals surface area contributed by atoms with Gasteiger partial charge in [-0.05, 0) is 6.42 Å². The van der Waals surface area contributed by atoms with E-state index in [2.05, 4.69) is 13.8 Å². The summed E-state index contributed by atoms with van der Waals surface area (Å²) in [4.78, 5) is 0. The van der Waals surface area contributed by atoms with Crippen molar-refractivity contribution in [3.05, 3.63) is 0 Å². The highest BCUT2D eigenvalue weighted by Gasteiger charge is 1.98. The molecule has 0 aromatic carbocycles. The van der Waals surface area contributed by atoms with Crippen molar-refractivity contribution in [1.29, 1.82) is 0 Å². The van der Waals surface area contributed by atoms with Crippen LogP contribution in [-0.2, 0) is 10.1 Å². The van der Waals surface area contributed by atoms with Gasteiger partial charge in [-0.2, -0.15) is 21.6 Å². The van der Waals surface area contributed by atoms with Gasteiger partial charge in [0.15, 0.2) is 0 Å². The van der Waals surface area contributed by atoms with E-state index in [4.69, 9.17) is 4.55 Å². The summed E-state index contributed by atoms with van der Waals surface area (Å²) in [6.45, 7) is 2.27. The summed E-state index contributed by atoms with van der Waals surface area (Å²) < 4.78 is 56.6. The van der Waals surface area contributed by atoms with E-state index < -0.39 is 16.8 Å². The molecule has 0 saturated heterocycles. The third kappa shape index (κ3) is 166. The van der Waals surface area contributed by atoms with Crippen molar-refractivity contribution in [1.82, 2.24) is 12.3 Å². The maximum Gasteiger partial charge on any atom is 0.379 e. The van der Waals surface area contributed by atoms with Gasteiger partial charge in [-0.3, -0.25) is 4.55 Å². The predicted molar refractivity (Wildman–Crippen MR) is 59.8 cm³/mol. The van der Waals surface area contributed by atoms with E-state index in [9.17, 15) is 21.6 Å². The lowest BCUT2D eigenvalue weighted by Gasteiger charge is -1.85. The van der Waals surface area contributed by atoms with E-state index in [0.29, 0.717) is 6.42 Å². The third-order valence-electron chi connectivity index (χ3n) is 0.462. The number of hydrogen-bond acceptors (Lipinski definition) is 4. The van der Waals surface area contributed by atoms with E-state index >= 15 is 0 Å². The normalized spacial score (nSPS) is 8.50. The summed E-state index contributed by atoms with van der Waals surface area (Å²) in [7, 11) is -3.67. The highest BCUT2D eigenvalue weighted by molar-refractivity contribution is 7.85. The molecule has 0 heterocycles. The highest BCUT2D eigenvalue weighted by Crippen LogP contribution is 1.87. The average molecular weight is 272 g/mol. The largest absolute Gasteiger partial charge is 0.379 e. The van der Waals surface area contributed by atoms with Gasteiger partial charge in [0.1, 0.15) is 0 Å². The molecule has 0 bridgehead atoms. The zero-order valence-corrected chi connectivity index (χ0v) is 10.7. The molecule has 0 aromatic rings. The van der Waals surface area contributed by atoms with Gasteiger partial charge in [-0.25, -0.2) is 0 Å². The quantitative estimate of drug-likeness (QED) is 0.665. The summed E-state index contributed by atoms with van der Waals surface area (Å²) >= 11 is 0. The lowest BCUT2D eigenvalue weighted by atomic mass is 10.6. The first kappa shape index (κ1) is 29.6. The molecule has 0 amide bonds. The van der Waals surface area contributed by atoms with E-state index in [0.717, 1.165) is 0 Å². The maximum atomic E-state index is 9.79. The van der Waals surface area contributed by atoms with Gasteiger partial charge in [-0.15, -0.1) is 0 Å². The molecule has 0 spiro atoms. The second-order valence-electron chi connectivity index (χ2n) is 2.24. The lowest BCUT2D eigenvalue weighted by Crippen LogP contribution is -2.01. The van der Waals surface area contributed by atoms with Gasteiger partial charge in [0.2, 0.25) is 0 Å². The molecule has 0 aliphatic carbocycles. The Morgan fingerprint density at radius 1 is 1.06 bits per heavy atom. The van der Waals surface area contributed by atoms with Crippen LogP contribution in [0, 0.1) is 0 Å². The van der Waals surface area contributed by atoms with Crippen LogP contribution < -0.4 is 12.3 Å². The Bertz CT molecular complexity index is 187. The Morgan fingerprint density at radius 2 is 1.25 bits per heavy atom. The summed E-state index contributed by atoms with van der Waals surface area (Å²) in [6.07, 6.45) is 1.72. The molecule has 0 saturated carbocycles. The fourth-order valence-corrected chi connectivity index (χ4v) is 0.774. The van der Waals surface area contributed by atoms with Crippen molar-refractivity contribution in [2.24, 2.45) is 0 Å². The first-order valence-electron chi connectivity index (χ1n) is 4.08. The van der Waals surface area contributed by atoms with Gasteiger partial charge < -0.3 is 12.3 Å². The van der Waals surface area contributed by atoms with Crippen LogP contribution in [0.25, 0.3) is 0 Å². The number of alkyl halides is 3. The topological polar surface area (TPSA) is 124 Å². The van der Waals surface area contributed by atoms with Gasteiger partial charge in [0.25, 0.3) is 10.1 Å². The second-order valence-corrected chi connectivity index (χ2v) is 3.81. The van der Waals surface area contributed by atoms with E-state index in [-0.39, 0.29) is 18.1 Å². The molecule has 0 rings (SSSR count). The van der Waals surface area contributed by atoms with E-state index in [1.165, 1.54) is 6.42 Å². The molecule has 0 atom stereocenters. The monoisotopic (exact) mass is 272 g/mol. The molecule has 0 aliphatic heterocycles. The van der Waals surface area contributed by atoms with Gasteiger partial charge in [-0.1, -0.05) is 27.2 Å². The Labute approximate surface area is 95.3 Å². The van der Waals surface area contributed by atoms with Crippen LogP contribution in [0.5, 0.6) is 0 Å². The minimum atomic E-state index is -3.67. The smallest absolute Gasteiger partial charge is 0.344 e. The van der Waals surface area contributed by atoms with Crippen molar-refractivity contribution in [2.45, 2.75) is 40.3 Å². The first-order valence-corrected chi connectivity index (χ1v) is 5.69. The first-order chi connectivity index (χ1) is 6.21. The molecule has 0 radical (unpaired) electrons. The molecule has 16 heavy (non-hydrogen) atoms. The predicted octanol–water partition coefficient (Wildman–Crippen LogP) is 3.20. The standard InChI is InChI=1S/C3H8O3S.C3H8.CHF3.2H3N/c1-2-3-7(4,5)6;1-3-2;2-1(3)4;;/h2-3H2,1H3,(H,4,5,6);3H2,1-2H3;1H;2*1H3. The molecule has 106 valence electrons. The fraction of sp³-hybridized carbons (Fsp3) is 1.00. The summed E-state index contributed by atoms with van der Waals surface area (Å²) in [5.74, 6) is -0.132. The summed E-state index contributed by atoms with van der Waals surface area (Å²) in [5, 5.41) is 0. The Kier molecular flexibility index (Phi) is 37.2. The van der Waals surface area contributed by atoms with Crippen LogP contribution in [0.3, 0.4) is 0 Å². The van der Waals surface area contributed by atoms with Crippen molar-refractivity contribution < 1.29 is 26.1 Å². The minimum Gasteiger partial charge on any atom is -0.344 e. The molecule has 7 N–H and O–H groups in total. The third-order valence-corrected chi connectivity index (χ3v) is 1.39. The van der Waals surface area contributed by atoms with Crippen LogP contribution in [0.4, 0.5) is 13.2 Å². The van der Waals surface area contributed by atoms with Gasteiger partial charge >= 0.3 is 6.68 Å². The minimum absolute atomic E-state index is 0. The second kappa shape index (κ2) is 20.1. The molecule has 0 fully saturated rings. The summed E-state index contributed by atoms with van der Waals surface area (Å²) in [6, 6.07) is 0. The number of hydrogen-bond donors (Lipinski definition) is 3. The fourth-order valence-electron chi connectivity index (χ4n) is 0.258. The molecule has 9 heteroatoms. The number of rotatable bonds is 2. The van der Waals surface area contributed by atoms with Crippen molar-refractivity contribution in [2.75, 3.05) is 5.75 Å². The SMILES string of the molecule is CCC.CCCS(=O)(=O)O.FC(F)F.N.N. The Balaban J connectivity index is -0.0000000393. The van der Waals surface area contributed by atoms with Crippen LogP contribution >= 0.6 is 0 Å². The van der Waals surface area contributed by atoms with Crippen molar-refractivity contribution >= 4 is 10.1 Å². The number of halogens is 3. The van der Waals surface area contributed by atoms with E-state index in [1.807, 2.05) is 0 Å². The Morgan fingerprint density at radius 3 is 1.25 bits per heavy atom. The molecular formula is C7H23F3N2O3S. The van der Waals surface area contributed by atoms with Gasteiger partial charge in [0, 0.05) is 0 Å².